The highest BCUT2D eigenvalue weighted by atomic mass is 35.5. The molecule has 0 amide bonds. The predicted molar refractivity (Wildman–Crippen MR) is 99.9 cm³/mol. The zero-order valence-electron chi connectivity index (χ0n) is 17.0. The van der Waals surface area contributed by atoms with Crippen LogP contribution in [0.25, 0.3) is 0 Å². The van der Waals surface area contributed by atoms with Gasteiger partial charge in [-0.15, -0.1) is 10.2 Å². The Kier molecular flexibility index (Phi) is 4.26. The van der Waals surface area contributed by atoms with E-state index in [1.165, 1.54) is 0 Å². The second-order valence-electron chi connectivity index (χ2n) is 8.41. The number of hydrogen-bond donors (Lipinski definition) is 1. The van der Waals surface area contributed by atoms with Gasteiger partial charge < -0.3 is 15.0 Å². The van der Waals surface area contributed by atoms with E-state index in [1.807, 2.05) is 6.07 Å². The number of likely N-dealkylation sites (tertiary alicyclic amines) is 1. The van der Waals surface area contributed by atoms with Crippen LogP contribution in [0.3, 0.4) is 0 Å². The zero-order valence-corrected chi connectivity index (χ0v) is 15.8. The minimum Gasteiger partial charge on any atom is -0.376 e. The lowest BCUT2D eigenvalue weighted by atomic mass is 9.88. The molecule has 25 heavy (non-hydrogen) atoms. The van der Waals surface area contributed by atoms with Crippen molar-refractivity contribution in [2.45, 2.75) is 51.2 Å². The molecule has 6 heteroatoms. The van der Waals surface area contributed by atoms with Crippen molar-refractivity contribution >= 4 is 17.4 Å². The molecule has 4 atom stereocenters. The SMILES string of the molecule is [2H]C([2H])(C1CCOC(C)(C)C1)N1C[C@H]2CC(Nc3ccc(Cl)nn3)C[C@H]2C1. The van der Waals surface area contributed by atoms with Gasteiger partial charge in [0.2, 0.25) is 0 Å². The summed E-state index contributed by atoms with van der Waals surface area (Å²) in [6.45, 7) is 5.25. The number of nitrogens with zero attached hydrogens (tertiary/aromatic N) is 3. The zero-order chi connectivity index (χ0) is 19.2. The van der Waals surface area contributed by atoms with E-state index in [-0.39, 0.29) is 11.5 Å². The number of nitrogens with one attached hydrogen (secondary N) is 1. The Morgan fingerprint density at radius 3 is 2.72 bits per heavy atom. The summed E-state index contributed by atoms with van der Waals surface area (Å²) in [6, 6.07) is 3.99. The van der Waals surface area contributed by atoms with Crippen LogP contribution < -0.4 is 5.32 Å². The highest BCUT2D eigenvalue weighted by molar-refractivity contribution is 6.29. The van der Waals surface area contributed by atoms with Crippen LogP contribution in [0.4, 0.5) is 5.82 Å². The molecule has 1 aromatic rings. The quantitative estimate of drug-likeness (QED) is 0.884. The molecule has 1 saturated carbocycles. The van der Waals surface area contributed by atoms with Crippen molar-refractivity contribution in [2.75, 3.05) is 31.5 Å². The number of anilines is 1. The summed E-state index contributed by atoms with van der Waals surface area (Å²) in [5, 5.41) is 11.8. The van der Waals surface area contributed by atoms with Gasteiger partial charge in [-0.25, -0.2) is 0 Å². The van der Waals surface area contributed by atoms with Crippen LogP contribution >= 0.6 is 11.6 Å². The summed E-state index contributed by atoms with van der Waals surface area (Å²) < 4.78 is 23.4. The van der Waals surface area contributed by atoms with Gasteiger partial charge in [-0.3, -0.25) is 0 Å². The third-order valence-corrected chi connectivity index (χ3v) is 6.00. The first-order chi connectivity index (χ1) is 12.7. The molecule has 3 fully saturated rings. The molecule has 0 radical (unpaired) electrons. The van der Waals surface area contributed by atoms with Crippen molar-refractivity contribution in [2.24, 2.45) is 17.8 Å². The molecule has 1 N–H and O–H groups in total. The molecule has 1 aliphatic carbocycles. The number of ether oxygens (including phenoxy) is 1. The highest BCUT2D eigenvalue weighted by Crippen LogP contribution is 2.40. The van der Waals surface area contributed by atoms with Crippen molar-refractivity contribution in [3.63, 3.8) is 0 Å². The van der Waals surface area contributed by atoms with Gasteiger partial charge in [0.25, 0.3) is 0 Å². The number of aromatic nitrogens is 2. The summed E-state index contributed by atoms with van der Waals surface area (Å²) >= 11 is 5.80. The van der Waals surface area contributed by atoms with Crippen molar-refractivity contribution < 1.29 is 7.48 Å². The molecule has 3 heterocycles. The Bertz CT molecular complexity index is 658. The Morgan fingerprint density at radius 1 is 1.32 bits per heavy atom. The first-order valence-corrected chi connectivity index (χ1v) is 9.75. The Hall–Kier alpha value is -0.910. The molecule has 1 aromatic heterocycles. The maximum absolute atomic E-state index is 8.81. The van der Waals surface area contributed by atoms with Crippen LogP contribution in [0, 0.1) is 17.8 Å². The maximum atomic E-state index is 8.81. The Balaban J connectivity index is 1.34. The van der Waals surface area contributed by atoms with E-state index in [1.54, 1.807) is 6.07 Å². The molecular formula is C19H29ClN4O. The van der Waals surface area contributed by atoms with E-state index in [9.17, 15) is 0 Å². The first-order valence-electron chi connectivity index (χ1n) is 10.4. The molecule has 3 aliphatic rings. The minimum atomic E-state index is -1.25. The molecule has 0 spiro atoms. The van der Waals surface area contributed by atoms with Gasteiger partial charge in [-0.1, -0.05) is 11.6 Å². The van der Waals surface area contributed by atoms with E-state index in [4.69, 9.17) is 19.1 Å². The van der Waals surface area contributed by atoms with Gasteiger partial charge in [0, 0.05) is 35.0 Å². The largest absolute Gasteiger partial charge is 0.376 e. The van der Waals surface area contributed by atoms with Crippen LogP contribution in [0.5, 0.6) is 0 Å². The second kappa shape index (κ2) is 7.01. The fourth-order valence-corrected chi connectivity index (χ4v) is 4.83. The van der Waals surface area contributed by atoms with Crippen molar-refractivity contribution in [1.29, 1.82) is 0 Å². The van der Waals surface area contributed by atoms with E-state index < -0.39 is 6.50 Å². The van der Waals surface area contributed by atoms with E-state index in [0.29, 0.717) is 29.6 Å². The van der Waals surface area contributed by atoms with Crippen molar-refractivity contribution in [3.8, 4) is 0 Å². The van der Waals surface area contributed by atoms with E-state index in [0.717, 1.165) is 44.6 Å². The van der Waals surface area contributed by atoms with Gasteiger partial charge in [0.15, 0.2) is 5.15 Å². The highest BCUT2D eigenvalue weighted by Gasteiger charge is 2.42. The van der Waals surface area contributed by atoms with Crippen LogP contribution in [0.15, 0.2) is 12.1 Å². The normalized spacial score (nSPS) is 36.6. The molecule has 2 unspecified atom stereocenters. The second-order valence-corrected chi connectivity index (χ2v) is 8.79. The smallest absolute Gasteiger partial charge is 0.151 e. The van der Waals surface area contributed by atoms with Crippen LogP contribution in [0.1, 0.15) is 42.3 Å². The summed E-state index contributed by atoms with van der Waals surface area (Å²) in [4.78, 5) is 2.10. The third kappa shape index (κ3) is 4.26. The Morgan fingerprint density at radius 2 is 2.08 bits per heavy atom. The molecule has 138 valence electrons. The van der Waals surface area contributed by atoms with Gasteiger partial charge in [0.1, 0.15) is 5.82 Å². The van der Waals surface area contributed by atoms with Gasteiger partial charge >= 0.3 is 0 Å². The van der Waals surface area contributed by atoms with E-state index >= 15 is 0 Å². The lowest BCUT2D eigenvalue weighted by Crippen LogP contribution is -2.39. The average molecular weight is 367 g/mol. The minimum absolute atomic E-state index is 0.0401. The molecule has 0 aromatic carbocycles. The molecule has 0 bridgehead atoms. The topological polar surface area (TPSA) is 50.3 Å². The van der Waals surface area contributed by atoms with Crippen LogP contribution in [-0.4, -0.2) is 52.9 Å². The summed E-state index contributed by atoms with van der Waals surface area (Å²) in [5.41, 5.74) is -0.222. The summed E-state index contributed by atoms with van der Waals surface area (Å²) in [5.74, 6) is 1.90. The monoisotopic (exact) mass is 366 g/mol. The van der Waals surface area contributed by atoms with Crippen LogP contribution in [0.2, 0.25) is 5.15 Å². The molecule has 4 rings (SSSR count). The van der Waals surface area contributed by atoms with Gasteiger partial charge in [0.05, 0.1) is 5.60 Å². The fraction of sp³-hybridized carbons (Fsp3) is 0.789. The molecule has 2 aliphatic heterocycles. The number of hydrogen-bond acceptors (Lipinski definition) is 5. The van der Waals surface area contributed by atoms with Gasteiger partial charge in [-0.2, -0.15) is 0 Å². The van der Waals surface area contributed by atoms with Crippen molar-refractivity contribution in [3.05, 3.63) is 17.3 Å². The lowest BCUT2D eigenvalue weighted by molar-refractivity contribution is -0.0762. The molecular weight excluding hydrogens is 336 g/mol. The number of fused-ring (bicyclic) bond motifs is 1. The fourth-order valence-electron chi connectivity index (χ4n) is 4.73. The molecule has 2 saturated heterocycles. The summed E-state index contributed by atoms with van der Waals surface area (Å²) in [6.07, 6.45) is 3.70. The molecule has 5 nitrogen and oxygen atoms in total. The predicted octanol–water partition coefficient (Wildman–Crippen LogP) is 3.46. The third-order valence-electron chi connectivity index (χ3n) is 5.80. The number of halogens is 1. The lowest BCUT2D eigenvalue weighted by Gasteiger charge is -2.37. The number of rotatable bonds is 4. The van der Waals surface area contributed by atoms with Gasteiger partial charge in [-0.05, 0) is 69.4 Å². The standard InChI is InChI=1S/C19H29ClN4O/c1-19(2)9-13(5-6-25-19)10-24-11-14-7-16(8-15(14)12-24)21-18-4-3-17(20)22-23-18/h3-4,13-16H,5-12H2,1-2H3,(H,21,23)/t13?,14-,15+,16?/i10D2. The summed E-state index contributed by atoms with van der Waals surface area (Å²) in [7, 11) is 0. The van der Waals surface area contributed by atoms with Crippen LogP contribution in [-0.2, 0) is 4.74 Å². The van der Waals surface area contributed by atoms with E-state index in [2.05, 4.69) is 34.3 Å². The first kappa shape index (κ1) is 15.2. The average Bonchev–Trinajstić information content (AvgIpc) is 3.15. The Labute approximate surface area is 158 Å². The maximum Gasteiger partial charge on any atom is 0.151 e. The van der Waals surface area contributed by atoms with Crippen molar-refractivity contribution in [1.82, 2.24) is 15.1 Å².